The number of hydrogen-bond donors (Lipinski definition) is 2. The molecule has 2 N–H and O–H groups in total. The van der Waals surface area contributed by atoms with Crippen LogP contribution in [0.1, 0.15) is 47.0 Å². The van der Waals surface area contributed by atoms with E-state index in [2.05, 4.69) is 10.2 Å². The van der Waals surface area contributed by atoms with E-state index in [1.54, 1.807) is 20.8 Å². The van der Waals surface area contributed by atoms with Gasteiger partial charge in [-0.05, 0) is 47.6 Å². The third-order valence-electron chi connectivity index (χ3n) is 3.64. The van der Waals surface area contributed by atoms with Gasteiger partial charge < -0.3 is 20.1 Å². The van der Waals surface area contributed by atoms with E-state index < -0.39 is 23.2 Å². The van der Waals surface area contributed by atoms with Crippen LogP contribution in [0.4, 0.5) is 4.79 Å². The largest absolute Gasteiger partial charge is 0.481 e. The summed E-state index contributed by atoms with van der Waals surface area (Å²) in [5.74, 6) is -0.905. The molecule has 1 aliphatic rings. The first-order valence-corrected chi connectivity index (χ1v) is 6.96. The summed E-state index contributed by atoms with van der Waals surface area (Å²) in [6, 6.07) is 0.220. The number of carbonyl (C=O) groups is 2. The van der Waals surface area contributed by atoms with Crippen LogP contribution in [0.5, 0.6) is 0 Å². The predicted octanol–water partition coefficient (Wildman–Crippen LogP) is 1.84. The maximum absolute atomic E-state index is 12.0. The minimum absolute atomic E-state index is 0.0789. The van der Waals surface area contributed by atoms with E-state index >= 15 is 0 Å². The molecule has 2 unspecified atom stereocenters. The minimum atomic E-state index is -0.905. The van der Waals surface area contributed by atoms with Crippen LogP contribution in [0.25, 0.3) is 0 Å². The number of carbonyl (C=O) groups excluding carboxylic acids is 1. The standard InChI is InChI=1S/C14H26N2O4/c1-10-8-14(9-11(17)18,6-7-16(10)5)15-12(19)20-13(2,3)4/h10H,6-9H2,1-5H3,(H,15,19)(H,17,18). The number of aliphatic carboxylic acids is 1. The maximum Gasteiger partial charge on any atom is 0.408 e. The predicted molar refractivity (Wildman–Crippen MR) is 75.7 cm³/mol. The zero-order valence-electron chi connectivity index (χ0n) is 13.0. The van der Waals surface area contributed by atoms with Gasteiger partial charge in [-0.3, -0.25) is 4.79 Å². The van der Waals surface area contributed by atoms with Gasteiger partial charge in [-0.1, -0.05) is 0 Å². The van der Waals surface area contributed by atoms with Crippen LogP contribution in [-0.4, -0.2) is 52.8 Å². The summed E-state index contributed by atoms with van der Waals surface area (Å²) in [6.45, 7) is 8.14. The third kappa shape index (κ3) is 5.00. The van der Waals surface area contributed by atoms with Crippen LogP contribution in [0, 0.1) is 0 Å². The highest BCUT2D eigenvalue weighted by Crippen LogP contribution is 2.29. The summed E-state index contributed by atoms with van der Waals surface area (Å²) < 4.78 is 5.25. The second kappa shape index (κ2) is 5.99. The highest BCUT2D eigenvalue weighted by Gasteiger charge is 2.41. The van der Waals surface area contributed by atoms with Gasteiger partial charge in [0.15, 0.2) is 0 Å². The number of carboxylic acids is 1. The summed E-state index contributed by atoms with van der Waals surface area (Å²) in [7, 11) is 2.00. The van der Waals surface area contributed by atoms with E-state index in [0.717, 1.165) is 6.54 Å². The number of alkyl carbamates (subject to hydrolysis) is 1. The summed E-state index contributed by atoms with van der Waals surface area (Å²) in [5, 5.41) is 11.9. The Kier molecular flexibility index (Phi) is 5.02. The second-order valence-electron chi connectivity index (χ2n) is 6.76. The van der Waals surface area contributed by atoms with E-state index in [9.17, 15) is 9.59 Å². The van der Waals surface area contributed by atoms with Crippen molar-refractivity contribution in [3.8, 4) is 0 Å². The Morgan fingerprint density at radius 1 is 1.45 bits per heavy atom. The van der Waals surface area contributed by atoms with E-state index in [0.29, 0.717) is 12.8 Å². The molecule has 0 bridgehead atoms. The number of rotatable bonds is 3. The van der Waals surface area contributed by atoms with Gasteiger partial charge in [-0.25, -0.2) is 4.79 Å². The molecule has 0 radical (unpaired) electrons. The highest BCUT2D eigenvalue weighted by molar-refractivity contribution is 5.73. The fraction of sp³-hybridized carbons (Fsp3) is 0.857. The fourth-order valence-electron chi connectivity index (χ4n) is 2.56. The molecule has 1 fully saturated rings. The summed E-state index contributed by atoms with van der Waals surface area (Å²) in [5.41, 5.74) is -1.31. The van der Waals surface area contributed by atoms with Crippen LogP contribution < -0.4 is 5.32 Å². The van der Waals surface area contributed by atoms with E-state index in [4.69, 9.17) is 9.84 Å². The lowest BCUT2D eigenvalue weighted by molar-refractivity contribution is -0.139. The first-order chi connectivity index (χ1) is 9.03. The molecule has 6 heteroatoms. The lowest BCUT2D eigenvalue weighted by atomic mass is 9.81. The van der Waals surface area contributed by atoms with E-state index in [-0.39, 0.29) is 12.5 Å². The second-order valence-corrected chi connectivity index (χ2v) is 6.76. The van der Waals surface area contributed by atoms with Gasteiger partial charge in [0.1, 0.15) is 5.60 Å². The lowest BCUT2D eigenvalue weighted by Crippen LogP contribution is -2.58. The number of nitrogens with one attached hydrogen (secondary N) is 1. The van der Waals surface area contributed by atoms with E-state index in [1.165, 1.54) is 0 Å². The molecular weight excluding hydrogens is 260 g/mol. The molecule has 1 heterocycles. The van der Waals surface area contributed by atoms with Crippen molar-refractivity contribution in [1.82, 2.24) is 10.2 Å². The molecule has 116 valence electrons. The van der Waals surface area contributed by atoms with Crippen molar-refractivity contribution in [3.05, 3.63) is 0 Å². The normalized spacial score (nSPS) is 27.9. The van der Waals surface area contributed by atoms with Gasteiger partial charge in [-0.2, -0.15) is 0 Å². The zero-order valence-corrected chi connectivity index (χ0v) is 13.0. The topological polar surface area (TPSA) is 78.9 Å². The SMILES string of the molecule is CC1CC(CC(=O)O)(NC(=O)OC(C)(C)C)CCN1C. The molecule has 1 rings (SSSR count). The van der Waals surface area contributed by atoms with Crippen LogP contribution in [0.2, 0.25) is 0 Å². The molecule has 0 saturated carbocycles. The van der Waals surface area contributed by atoms with Crippen LogP contribution >= 0.6 is 0 Å². The average Bonchev–Trinajstić information content (AvgIpc) is 2.20. The maximum atomic E-state index is 12.0. The first kappa shape index (κ1) is 16.8. The van der Waals surface area contributed by atoms with Crippen molar-refractivity contribution in [3.63, 3.8) is 0 Å². The number of carboxylic acid groups (broad SMARTS) is 1. The number of piperidine rings is 1. The van der Waals surface area contributed by atoms with Crippen molar-refractivity contribution >= 4 is 12.1 Å². The van der Waals surface area contributed by atoms with E-state index in [1.807, 2.05) is 14.0 Å². The molecule has 1 saturated heterocycles. The van der Waals surface area contributed by atoms with Gasteiger partial charge in [-0.15, -0.1) is 0 Å². The lowest BCUT2D eigenvalue weighted by Gasteiger charge is -2.44. The average molecular weight is 286 g/mol. The van der Waals surface area contributed by atoms with Gasteiger partial charge in [0, 0.05) is 12.6 Å². The number of hydrogen-bond acceptors (Lipinski definition) is 4. The zero-order chi connectivity index (χ0) is 15.6. The molecule has 0 aromatic carbocycles. The van der Waals surface area contributed by atoms with Gasteiger partial charge >= 0.3 is 12.1 Å². The molecule has 0 aliphatic carbocycles. The molecule has 2 atom stereocenters. The van der Waals surface area contributed by atoms with Crippen molar-refractivity contribution < 1.29 is 19.4 Å². The molecule has 1 amide bonds. The highest BCUT2D eigenvalue weighted by atomic mass is 16.6. The molecule has 0 spiro atoms. The molecule has 0 aromatic rings. The number of ether oxygens (including phenoxy) is 1. The van der Waals surface area contributed by atoms with Crippen molar-refractivity contribution in [2.45, 2.75) is 64.1 Å². The Morgan fingerprint density at radius 2 is 2.05 bits per heavy atom. The van der Waals surface area contributed by atoms with Crippen molar-refractivity contribution in [2.75, 3.05) is 13.6 Å². The Morgan fingerprint density at radius 3 is 2.50 bits per heavy atom. The van der Waals surface area contributed by atoms with Gasteiger partial charge in [0.2, 0.25) is 0 Å². The monoisotopic (exact) mass is 286 g/mol. The van der Waals surface area contributed by atoms with Crippen molar-refractivity contribution in [2.24, 2.45) is 0 Å². The van der Waals surface area contributed by atoms with Crippen LogP contribution in [0.15, 0.2) is 0 Å². The number of nitrogens with zero attached hydrogens (tertiary/aromatic N) is 1. The number of likely N-dealkylation sites (tertiary alicyclic amines) is 1. The fourth-order valence-corrected chi connectivity index (χ4v) is 2.56. The smallest absolute Gasteiger partial charge is 0.408 e. The van der Waals surface area contributed by atoms with Crippen molar-refractivity contribution in [1.29, 1.82) is 0 Å². The summed E-state index contributed by atoms with van der Waals surface area (Å²) >= 11 is 0. The molecule has 1 aliphatic heterocycles. The molecule has 6 nitrogen and oxygen atoms in total. The Hall–Kier alpha value is -1.30. The van der Waals surface area contributed by atoms with Gasteiger partial charge in [0.25, 0.3) is 0 Å². The Labute approximate surface area is 120 Å². The molecule has 20 heavy (non-hydrogen) atoms. The summed E-state index contributed by atoms with van der Waals surface area (Å²) in [6.07, 6.45) is 0.592. The first-order valence-electron chi connectivity index (χ1n) is 6.96. The third-order valence-corrected chi connectivity index (χ3v) is 3.64. The number of amides is 1. The minimum Gasteiger partial charge on any atom is -0.481 e. The van der Waals surface area contributed by atoms with Crippen LogP contribution in [-0.2, 0) is 9.53 Å². The van der Waals surface area contributed by atoms with Gasteiger partial charge in [0.05, 0.1) is 12.0 Å². The quantitative estimate of drug-likeness (QED) is 0.827. The summed E-state index contributed by atoms with van der Waals surface area (Å²) in [4.78, 5) is 25.2. The molecule has 0 aromatic heterocycles. The Bertz CT molecular complexity index is 378. The Balaban J connectivity index is 2.79. The molecular formula is C14H26N2O4. The van der Waals surface area contributed by atoms with Crippen LogP contribution in [0.3, 0.4) is 0 Å².